The van der Waals surface area contributed by atoms with Gasteiger partial charge in [0.25, 0.3) is 0 Å². The highest BCUT2D eigenvalue weighted by atomic mass is 32.1. The Balaban J connectivity index is 1.72. The Bertz CT molecular complexity index is 353. The second-order valence-corrected chi connectivity index (χ2v) is 6.78. The monoisotopic (exact) mass is 266 g/mol. The van der Waals surface area contributed by atoms with Crippen molar-refractivity contribution in [1.29, 1.82) is 0 Å². The zero-order chi connectivity index (χ0) is 13.0. The molecule has 1 aromatic heterocycles. The van der Waals surface area contributed by atoms with Gasteiger partial charge in [0.05, 0.1) is 10.7 Å². The van der Waals surface area contributed by atoms with E-state index in [2.05, 4.69) is 36.5 Å². The van der Waals surface area contributed by atoms with Gasteiger partial charge in [-0.25, -0.2) is 4.98 Å². The lowest BCUT2D eigenvalue weighted by Gasteiger charge is -2.28. The number of nitrogens with zero attached hydrogens (tertiary/aromatic N) is 1. The van der Waals surface area contributed by atoms with Crippen LogP contribution >= 0.6 is 11.3 Å². The largest absolute Gasteiger partial charge is 0.309 e. The summed E-state index contributed by atoms with van der Waals surface area (Å²) in [5, 5.41) is 7.01. The van der Waals surface area contributed by atoms with Crippen molar-refractivity contribution in [2.75, 3.05) is 6.54 Å². The molecule has 1 aliphatic rings. The van der Waals surface area contributed by atoms with E-state index in [0.29, 0.717) is 6.04 Å². The minimum Gasteiger partial charge on any atom is -0.309 e. The van der Waals surface area contributed by atoms with Crippen molar-refractivity contribution in [3.8, 4) is 0 Å². The second kappa shape index (κ2) is 6.67. The van der Waals surface area contributed by atoms with Crippen LogP contribution in [0.15, 0.2) is 5.38 Å². The molecule has 0 aliphatic heterocycles. The fourth-order valence-electron chi connectivity index (χ4n) is 2.87. The van der Waals surface area contributed by atoms with Gasteiger partial charge < -0.3 is 5.32 Å². The van der Waals surface area contributed by atoms with E-state index in [-0.39, 0.29) is 0 Å². The van der Waals surface area contributed by atoms with Gasteiger partial charge in [0.1, 0.15) is 0 Å². The van der Waals surface area contributed by atoms with Crippen molar-refractivity contribution in [1.82, 2.24) is 10.3 Å². The van der Waals surface area contributed by atoms with E-state index in [4.69, 9.17) is 0 Å². The van der Waals surface area contributed by atoms with Crippen LogP contribution in [-0.2, 0) is 0 Å². The number of aryl methyl sites for hydroxylation is 1. The van der Waals surface area contributed by atoms with E-state index in [1.165, 1.54) is 42.8 Å². The maximum Gasteiger partial charge on any atom is 0.0898 e. The molecule has 2 rings (SSSR count). The molecule has 102 valence electrons. The molecule has 1 N–H and O–H groups in total. The molecule has 0 amide bonds. The van der Waals surface area contributed by atoms with Crippen molar-refractivity contribution in [2.24, 2.45) is 11.8 Å². The van der Waals surface area contributed by atoms with E-state index in [1.807, 2.05) is 0 Å². The van der Waals surface area contributed by atoms with Crippen LogP contribution in [0.5, 0.6) is 0 Å². The van der Waals surface area contributed by atoms with Crippen molar-refractivity contribution < 1.29 is 0 Å². The van der Waals surface area contributed by atoms with E-state index in [0.717, 1.165) is 18.4 Å². The van der Waals surface area contributed by atoms with Crippen LogP contribution in [0.3, 0.4) is 0 Å². The summed E-state index contributed by atoms with van der Waals surface area (Å²) >= 11 is 1.75. The van der Waals surface area contributed by atoms with Crippen molar-refractivity contribution in [2.45, 2.75) is 58.9 Å². The van der Waals surface area contributed by atoms with Gasteiger partial charge in [0, 0.05) is 11.4 Å². The number of thiazole rings is 1. The molecule has 1 unspecified atom stereocenters. The van der Waals surface area contributed by atoms with Gasteiger partial charge in [-0.2, -0.15) is 0 Å². The minimum atomic E-state index is 0.402. The van der Waals surface area contributed by atoms with Gasteiger partial charge in [0.15, 0.2) is 0 Å². The molecule has 1 fully saturated rings. The quantitative estimate of drug-likeness (QED) is 0.858. The number of rotatable bonds is 5. The van der Waals surface area contributed by atoms with Gasteiger partial charge in [-0.3, -0.25) is 0 Å². The lowest BCUT2D eigenvalue weighted by atomic mass is 9.81. The molecule has 18 heavy (non-hydrogen) atoms. The van der Waals surface area contributed by atoms with E-state index < -0.39 is 0 Å². The second-order valence-electron chi connectivity index (χ2n) is 5.72. The predicted molar refractivity (Wildman–Crippen MR) is 79.0 cm³/mol. The summed E-state index contributed by atoms with van der Waals surface area (Å²) in [4.78, 5) is 4.56. The molecule has 0 aromatic carbocycles. The molecule has 1 heterocycles. The van der Waals surface area contributed by atoms with Gasteiger partial charge in [-0.15, -0.1) is 11.3 Å². The summed E-state index contributed by atoms with van der Waals surface area (Å²) in [6.07, 6.45) is 7.07. The lowest BCUT2D eigenvalue weighted by Crippen LogP contribution is -2.28. The fraction of sp³-hybridized carbons (Fsp3) is 0.800. The van der Waals surface area contributed by atoms with Gasteiger partial charge in [-0.1, -0.05) is 26.2 Å². The highest BCUT2D eigenvalue weighted by Crippen LogP contribution is 2.30. The van der Waals surface area contributed by atoms with Gasteiger partial charge in [-0.05, 0) is 45.1 Å². The first kappa shape index (κ1) is 14.0. The average molecular weight is 266 g/mol. The maximum absolute atomic E-state index is 4.56. The molecule has 1 saturated carbocycles. The van der Waals surface area contributed by atoms with E-state index >= 15 is 0 Å². The Morgan fingerprint density at radius 3 is 2.56 bits per heavy atom. The Kier molecular flexibility index (Phi) is 5.19. The Morgan fingerprint density at radius 2 is 2.00 bits per heavy atom. The first-order valence-corrected chi connectivity index (χ1v) is 8.22. The maximum atomic E-state index is 4.56. The molecule has 2 nitrogen and oxygen atoms in total. The minimum absolute atomic E-state index is 0.402. The third-order valence-corrected chi connectivity index (χ3v) is 5.13. The first-order chi connectivity index (χ1) is 8.69. The van der Waals surface area contributed by atoms with Crippen molar-refractivity contribution in [3.63, 3.8) is 0 Å². The summed E-state index contributed by atoms with van der Waals surface area (Å²) in [6.45, 7) is 7.79. The molecule has 0 spiro atoms. The third kappa shape index (κ3) is 3.79. The summed E-state index contributed by atoms with van der Waals surface area (Å²) < 4.78 is 0. The highest BCUT2D eigenvalue weighted by molar-refractivity contribution is 7.09. The lowest BCUT2D eigenvalue weighted by molar-refractivity contribution is 0.258. The van der Waals surface area contributed by atoms with E-state index in [1.54, 1.807) is 11.3 Å². The smallest absolute Gasteiger partial charge is 0.0898 e. The summed E-state index contributed by atoms with van der Waals surface area (Å²) in [5.74, 6) is 1.88. The highest BCUT2D eigenvalue weighted by Gasteiger charge is 2.20. The Morgan fingerprint density at radius 1 is 1.33 bits per heavy atom. The van der Waals surface area contributed by atoms with Crippen LogP contribution in [0.25, 0.3) is 0 Å². The summed E-state index contributed by atoms with van der Waals surface area (Å²) in [6, 6.07) is 0.402. The first-order valence-electron chi connectivity index (χ1n) is 7.34. The Labute approximate surface area is 115 Å². The van der Waals surface area contributed by atoms with Crippen LogP contribution in [0.1, 0.15) is 62.7 Å². The molecule has 1 atom stereocenters. The number of nitrogens with one attached hydrogen (secondary N) is 1. The topological polar surface area (TPSA) is 24.9 Å². The predicted octanol–water partition coefficient (Wildman–Crippen LogP) is 4.32. The normalized spacial score (nSPS) is 26.2. The third-order valence-electron chi connectivity index (χ3n) is 4.34. The number of aromatic nitrogens is 1. The molecule has 0 saturated heterocycles. The molecule has 0 radical (unpaired) electrons. The molecule has 3 heteroatoms. The van der Waals surface area contributed by atoms with Crippen LogP contribution in [0.2, 0.25) is 0 Å². The van der Waals surface area contributed by atoms with Gasteiger partial charge >= 0.3 is 0 Å². The standard InChI is InChI=1S/C15H26N2S/c1-4-13-5-7-14(8-6-13)9-16-11(2)15-10-18-12(3)17-15/h10-11,13-14,16H,4-9H2,1-3H3. The van der Waals surface area contributed by atoms with Crippen LogP contribution in [0.4, 0.5) is 0 Å². The molecule has 1 aliphatic carbocycles. The summed E-state index contributed by atoms with van der Waals surface area (Å²) in [5.41, 5.74) is 1.21. The van der Waals surface area contributed by atoms with Crippen LogP contribution in [-0.4, -0.2) is 11.5 Å². The molecule has 1 aromatic rings. The van der Waals surface area contributed by atoms with Crippen LogP contribution in [0, 0.1) is 18.8 Å². The van der Waals surface area contributed by atoms with Crippen LogP contribution < -0.4 is 5.32 Å². The average Bonchev–Trinajstić information content (AvgIpc) is 2.83. The Hall–Kier alpha value is -0.410. The molecular formula is C15H26N2S. The fourth-order valence-corrected chi connectivity index (χ4v) is 3.58. The zero-order valence-corrected chi connectivity index (χ0v) is 12.7. The number of hydrogen-bond acceptors (Lipinski definition) is 3. The SMILES string of the molecule is CCC1CCC(CNC(C)c2csc(C)n2)CC1. The zero-order valence-electron chi connectivity index (χ0n) is 11.9. The molecular weight excluding hydrogens is 240 g/mol. The molecule has 0 bridgehead atoms. The van der Waals surface area contributed by atoms with Gasteiger partial charge in [0.2, 0.25) is 0 Å². The van der Waals surface area contributed by atoms with E-state index in [9.17, 15) is 0 Å². The van der Waals surface area contributed by atoms with Crippen molar-refractivity contribution >= 4 is 11.3 Å². The van der Waals surface area contributed by atoms with Crippen molar-refractivity contribution in [3.05, 3.63) is 16.1 Å². The summed E-state index contributed by atoms with van der Waals surface area (Å²) in [7, 11) is 0. The number of hydrogen-bond donors (Lipinski definition) is 1.